The lowest BCUT2D eigenvalue weighted by molar-refractivity contribution is 0.206. The predicted octanol–water partition coefficient (Wildman–Crippen LogP) is 6.44. The number of hydrogen-bond acceptors (Lipinski definition) is 2. The highest BCUT2D eigenvalue weighted by Gasteiger charge is 2.41. The van der Waals surface area contributed by atoms with Crippen LogP contribution in [0, 0.1) is 0 Å². The first-order valence-electron chi connectivity index (χ1n) is 11.0. The van der Waals surface area contributed by atoms with Crippen LogP contribution in [0.3, 0.4) is 0 Å². The van der Waals surface area contributed by atoms with E-state index in [2.05, 4.69) is 131 Å². The summed E-state index contributed by atoms with van der Waals surface area (Å²) in [5.74, 6) is 0. The van der Waals surface area contributed by atoms with Crippen molar-refractivity contribution >= 4 is 0 Å². The van der Waals surface area contributed by atoms with Gasteiger partial charge in [0.15, 0.2) is 0 Å². The van der Waals surface area contributed by atoms with E-state index >= 15 is 0 Å². The van der Waals surface area contributed by atoms with Gasteiger partial charge in [-0.3, -0.25) is 9.80 Å². The molecule has 4 aromatic carbocycles. The van der Waals surface area contributed by atoms with E-state index in [1.807, 2.05) is 0 Å². The smallest absolute Gasteiger partial charge is 0.0561 e. The summed E-state index contributed by atoms with van der Waals surface area (Å²) in [5, 5.41) is 0. The zero-order valence-corrected chi connectivity index (χ0v) is 17.7. The van der Waals surface area contributed by atoms with Crippen LogP contribution in [0.4, 0.5) is 0 Å². The maximum Gasteiger partial charge on any atom is 0.0561 e. The quantitative estimate of drug-likeness (QED) is 0.365. The second kappa shape index (κ2) is 9.30. The SMILES string of the molecule is c1ccc(CN2CN(Cc3ccccc3)[C@@H](c3ccccc3)C2c2ccccc2)cc1. The maximum absolute atomic E-state index is 2.63. The molecule has 0 amide bonds. The molecule has 2 nitrogen and oxygen atoms in total. The van der Waals surface area contributed by atoms with Crippen LogP contribution in [0.1, 0.15) is 34.3 Å². The summed E-state index contributed by atoms with van der Waals surface area (Å²) < 4.78 is 0. The van der Waals surface area contributed by atoms with Gasteiger partial charge in [0, 0.05) is 13.1 Å². The van der Waals surface area contributed by atoms with E-state index in [4.69, 9.17) is 0 Å². The fourth-order valence-corrected chi connectivity index (χ4v) is 4.83. The molecule has 1 saturated heterocycles. The molecule has 0 spiro atoms. The number of nitrogens with zero attached hydrogens (tertiary/aromatic N) is 2. The number of benzene rings is 4. The highest BCUT2D eigenvalue weighted by molar-refractivity contribution is 5.31. The summed E-state index contributed by atoms with van der Waals surface area (Å²) in [5.41, 5.74) is 5.47. The van der Waals surface area contributed by atoms with Gasteiger partial charge in [-0.1, -0.05) is 121 Å². The van der Waals surface area contributed by atoms with Crippen molar-refractivity contribution in [2.45, 2.75) is 25.2 Å². The van der Waals surface area contributed by atoms with Crippen LogP contribution in [0.5, 0.6) is 0 Å². The van der Waals surface area contributed by atoms with E-state index in [-0.39, 0.29) is 0 Å². The van der Waals surface area contributed by atoms with Gasteiger partial charge in [0.25, 0.3) is 0 Å². The van der Waals surface area contributed by atoms with Crippen LogP contribution in [0.2, 0.25) is 0 Å². The Balaban J connectivity index is 1.55. The van der Waals surface area contributed by atoms with Gasteiger partial charge < -0.3 is 0 Å². The molecule has 0 radical (unpaired) electrons. The highest BCUT2D eigenvalue weighted by atomic mass is 15.4. The van der Waals surface area contributed by atoms with Crippen molar-refractivity contribution in [2.24, 2.45) is 0 Å². The van der Waals surface area contributed by atoms with Crippen molar-refractivity contribution in [3.8, 4) is 0 Å². The van der Waals surface area contributed by atoms with Crippen molar-refractivity contribution in [1.82, 2.24) is 9.80 Å². The molecular weight excluding hydrogens is 376 g/mol. The molecule has 2 atom stereocenters. The Morgan fingerprint density at radius 2 is 0.774 bits per heavy atom. The highest BCUT2D eigenvalue weighted by Crippen LogP contribution is 2.45. The first kappa shape index (κ1) is 19.7. The standard InChI is InChI=1S/C29H28N2/c1-5-13-24(14-6-1)21-30-23-31(22-25-15-7-2-8-16-25)29(27-19-11-4-12-20-27)28(30)26-17-9-3-10-18-26/h1-20,28-29H,21-23H2/t28-,29?/m0/s1. The number of rotatable bonds is 6. The van der Waals surface area contributed by atoms with Crippen LogP contribution < -0.4 is 0 Å². The average Bonchev–Trinajstić information content (AvgIpc) is 3.19. The fraction of sp³-hybridized carbons (Fsp3) is 0.172. The second-order valence-electron chi connectivity index (χ2n) is 8.32. The van der Waals surface area contributed by atoms with Gasteiger partial charge in [0.05, 0.1) is 18.8 Å². The molecular formula is C29H28N2. The summed E-state index contributed by atoms with van der Waals surface area (Å²) in [7, 11) is 0. The van der Waals surface area contributed by atoms with Crippen LogP contribution in [-0.4, -0.2) is 16.5 Å². The van der Waals surface area contributed by atoms with Crippen LogP contribution >= 0.6 is 0 Å². The topological polar surface area (TPSA) is 6.48 Å². The summed E-state index contributed by atoms with van der Waals surface area (Å²) in [4.78, 5) is 5.26. The molecule has 5 rings (SSSR count). The Hall–Kier alpha value is -3.20. The Morgan fingerprint density at radius 1 is 0.452 bits per heavy atom. The molecule has 0 aliphatic carbocycles. The van der Waals surface area contributed by atoms with Crippen molar-refractivity contribution in [3.63, 3.8) is 0 Å². The third-order valence-electron chi connectivity index (χ3n) is 6.19. The van der Waals surface area contributed by atoms with E-state index in [0.717, 1.165) is 19.8 Å². The molecule has 1 unspecified atom stereocenters. The summed E-state index contributed by atoms with van der Waals surface area (Å²) in [6.45, 7) is 2.81. The molecule has 0 bridgehead atoms. The van der Waals surface area contributed by atoms with Gasteiger partial charge in [-0.25, -0.2) is 0 Å². The van der Waals surface area contributed by atoms with Crippen molar-refractivity contribution in [3.05, 3.63) is 144 Å². The molecule has 154 valence electrons. The minimum absolute atomic E-state index is 0.299. The Kier molecular flexibility index (Phi) is 5.92. The maximum atomic E-state index is 2.63. The first-order valence-corrected chi connectivity index (χ1v) is 11.0. The predicted molar refractivity (Wildman–Crippen MR) is 127 cm³/mol. The summed E-state index contributed by atoms with van der Waals surface area (Å²) in [6.07, 6.45) is 0. The van der Waals surface area contributed by atoms with E-state index in [0.29, 0.717) is 12.1 Å². The van der Waals surface area contributed by atoms with Gasteiger partial charge in [-0.2, -0.15) is 0 Å². The molecule has 1 fully saturated rings. The second-order valence-corrected chi connectivity index (χ2v) is 8.32. The summed E-state index contributed by atoms with van der Waals surface area (Å²) >= 11 is 0. The lowest BCUT2D eigenvalue weighted by Crippen LogP contribution is -2.26. The van der Waals surface area contributed by atoms with Crippen molar-refractivity contribution in [1.29, 1.82) is 0 Å². The van der Waals surface area contributed by atoms with Gasteiger partial charge >= 0.3 is 0 Å². The van der Waals surface area contributed by atoms with Crippen molar-refractivity contribution < 1.29 is 0 Å². The molecule has 0 aromatic heterocycles. The zero-order valence-electron chi connectivity index (χ0n) is 17.7. The normalized spacial score (nSPS) is 19.5. The Labute approximate surface area is 185 Å². The van der Waals surface area contributed by atoms with E-state index in [1.54, 1.807) is 0 Å². The molecule has 31 heavy (non-hydrogen) atoms. The van der Waals surface area contributed by atoms with Crippen LogP contribution in [0.15, 0.2) is 121 Å². The lowest BCUT2D eigenvalue weighted by atomic mass is 9.92. The third kappa shape index (κ3) is 4.46. The van der Waals surface area contributed by atoms with Crippen LogP contribution in [-0.2, 0) is 13.1 Å². The van der Waals surface area contributed by atoms with Crippen LogP contribution in [0.25, 0.3) is 0 Å². The number of hydrogen-bond donors (Lipinski definition) is 0. The molecule has 2 heteroatoms. The Bertz CT molecular complexity index is 976. The molecule has 0 saturated carbocycles. The van der Waals surface area contributed by atoms with Gasteiger partial charge in [-0.15, -0.1) is 0 Å². The Morgan fingerprint density at radius 3 is 1.13 bits per heavy atom. The third-order valence-corrected chi connectivity index (χ3v) is 6.19. The minimum atomic E-state index is 0.299. The zero-order chi connectivity index (χ0) is 20.9. The molecule has 0 N–H and O–H groups in total. The minimum Gasteiger partial charge on any atom is -0.277 e. The van der Waals surface area contributed by atoms with Gasteiger partial charge in [0.2, 0.25) is 0 Å². The van der Waals surface area contributed by atoms with Crippen molar-refractivity contribution in [2.75, 3.05) is 6.67 Å². The van der Waals surface area contributed by atoms with Gasteiger partial charge in [0.1, 0.15) is 0 Å². The average molecular weight is 405 g/mol. The molecule has 1 heterocycles. The first-order chi connectivity index (χ1) is 15.4. The molecule has 1 aliphatic rings. The lowest BCUT2D eigenvalue weighted by Gasteiger charge is -2.30. The largest absolute Gasteiger partial charge is 0.277 e. The van der Waals surface area contributed by atoms with E-state index < -0.39 is 0 Å². The van der Waals surface area contributed by atoms with E-state index in [1.165, 1.54) is 22.3 Å². The summed E-state index contributed by atoms with van der Waals surface area (Å²) in [6, 6.07) is 44.3. The monoisotopic (exact) mass is 404 g/mol. The molecule has 4 aromatic rings. The van der Waals surface area contributed by atoms with E-state index in [9.17, 15) is 0 Å². The van der Waals surface area contributed by atoms with Gasteiger partial charge in [-0.05, 0) is 22.3 Å². The fourth-order valence-electron chi connectivity index (χ4n) is 4.83. The molecule has 1 aliphatic heterocycles.